The van der Waals surface area contributed by atoms with E-state index in [0.717, 1.165) is 20.3 Å². The van der Waals surface area contributed by atoms with Crippen molar-refractivity contribution in [1.82, 2.24) is 4.98 Å². The second-order valence-corrected chi connectivity index (χ2v) is 10.7. The molecule has 0 spiro atoms. The first-order chi connectivity index (χ1) is 9.57. The van der Waals surface area contributed by atoms with Gasteiger partial charge in [0, 0.05) is 20.5 Å². The normalized spacial score (nSPS) is 12.8. The Morgan fingerprint density at radius 3 is 2.33 bits per heavy atom. The van der Waals surface area contributed by atoms with Crippen LogP contribution in [-0.4, -0.2) is 13.4 Å². The molecule has 3 nitrogen and oxygen atoms in total. The lowest BCUT2D eigenvalue weighted by Gasteiger charge is -2.13. The molecule has 0 saturated heterocycles. The quantitative estimate of drug-likeness (QED) is 0.834. The van der Waals surface area contributed by atoms with Crippen LogP contribution < -0.4 is 0 Å². The summed E-state index contributed by atoms with van der Waals surface area (Å²) in [5, 5.41) is 2.85. The molecule has 6 heteroatoms. The summed E-state index contributed by atoms with van der Waals surface area (Å²) in [6.07, 6.45) is 0. The molecule has 0 unspecified atom stereocenters. The summed E-state index contributed by atoms with van der Waals surface area (Å²) in [4.78, 5) is 6.72. The van der Waals surface area contributed by atoms with E-state index in [9.17, 15) is 8.42 Å². The Bertz CT molecular complexity index is 733. The number of sulfone groups is 1. The summed E-state index contributed by atoms with van der Waals surface area (Å²) >= 11 is 3.18. The number of aryl methyl sites for hydroxylation is 2. The van der Waals surface area contributed by atoms with E-state index in [-0.39, 0.29) is 16.9 Å². The van der Waals surface area contributed by atoms with Crippen LogP contribution in [-0.2, 0) is 26.8 Å². The van der Waals surface area contributed by atoms with Crippen molar-refractivity contribution in [2.75, 3.05) is 0 Å². The number of nitrogens with zero attached hydrogens (tertiary/aromatic N) is 1. The Morgan fingerprint density at radius 1 is 1.19 bits per heavy atom. The molecule has 0 aromatic carbocycles. The molecule has 0 bridgehead atoms. The summed E-state index contributed by atoms with van der Waals surface area (Å²) in [5.41, 5.74) is 1.55. The zero-order valence-electron chi connectivity index (χ0n) is 13.1. The molecule has 116 valence electrons. The minimum atomic E-state index is -3.18. The molecule has 0 aliphatic rings. The fourth-order valence-corrected chi connectivity index (χ4v) is 5.58. The van der Waals surface area contributed by atoms with Gasteiger partial charge in [0.25, 0.3) is 0 Å². The fourth-order valence-electron chi connectivity index (χ4n) is 2.06. The van der Waals surface area contributed by atoms with E-state index in [1.807, 2.05) is 25.3 Å². The predicted octanol–water partition coefficient (Wildman–Crippen LogP) is 4.23. The molecule has 2 heterocycles. The minimum Gasteiger partial charge on any atom is -0.245 e. The third kappa shape index (κ3) is 4.37. The van der Waals surface area contributed by atoms with Crippen LogP contribution in [0, 0.1) is 13.8 Å². The highest BCUT2D eigenvalue weighted by molar-refractivity contribution is 7.89. The molecule has 2 rings (SSSR count). The van der Waals surface area contributed by atoms with Gasteiger partial charge in [-0.1, -0.05) is 20.8 Å². The van der Waals surface area contributed by atoms with Crippen LogP contribution in [0.25, 0.3) is 0 Å². The maximum atomic E-state index is 12.4. The Kier molecular flexibility index (Phi) is 4.61. The first kappa shape index (κ1) is 16.6. The standard InChI is InChI=1S/C15H21NO2S3/c1-10-6-12(11(2)20-10)8-21(17,18)9-13-7-19-14(16-13)15(3,4)5/h6-7H,8-9H2,1-5H3. The molecular weight excluding hydrogens is 322 g/mol. The van der Waals surface area contributed by atoms with E-state index < -0.39 is 9.84 Å². The van der Waals surface area contributed by atoms with Gasteiger partial charge in [-0.3, -0.25) is 0 Å². The van der Waals surface area contributed by atoms with Crippen molar-refractivity contribution in [1.29, 1.82) is 0 Å². The largest absolute Gasteiger partial charge is 0.245 e. The Hall–Kier alpha value is -0.720. The van der Waals surface area contributed by atoms with Gasteiger partial charge in [-0.25, -0.2) is 13.4 Å². The van der Waals surface area contributed by atoms with Gasteiger partial charge in [0.2, 0.25) is 0 Å². The van der Waals surface area contributed by atoms with E-state index in [4.69, 9.17) is 0 Å². The zero-order chi connectivity index (χ0) is 15.8. The highest BCUT2D eigenvalue weighted by atomic mass is 32.2. The van der Waals surface area contributed by atoms with Crippen LogP contribution in [0.4, 0.5) is 0 Å². The third-order valence-electron chi connectivity index (χ3n) is 3.08. The molecule has 2 aromatic rings. The monoisotopic (exact) mass is 343 g/mol. The highest BCUT2D eigenvalue weighted by Crippen LogP contribution is 2.27. The van der Waals surface area contributed by atoms with Gasteiger partial charge in [0.1, 0.15) is 0 Å². The highest BCUT2D eigenvalue weighted by Gasteiger charge is 2.21. The molecule has 0 aliphatic heterocycles. The van der Waals surface area contributed by atoms with E-state index in [1.54, 1.807) is 11.3 Å². The average Bonchev–Trinajstić information content (AvgIpc) is 2.85. The summed E-state index contributed by atoms with van der Waals surface area (Å²) in [5.74, 6) is 0.124. The second kappa shape index (κ2) is 5.82. The Morgan fingerprint density at radius 2 is 1.86 bits per heavy atom. The second-order valence-electron chi connectivity index (χ2n) is 6.36. The fraction of sp³-hybridized carbons (Fsp3) is 0.533. The summed E-state index contributed by atoms with van der Waals surface area (Å²) in [6, 6.07) is 1.97. The van der Waals surface area contributed by atoms with E-state index in [2.05, 4.69) is 25.8 Å². The first-order valence-corrected chi connectivity index (χ1v) is 10.3. The average molecular weight is 344 g/mol. The van der Waals surface area contributed by atoms with Crippen molar-refractivity contribution in [3.63, 3.8) is 0 Å². The van der Waals surface area contributed by atoms with Crippen molar-refractivity contribution < 1.29 is 8.42 Å². The Labute approximate surface area is 135 Å². The molecule has 0 fully saturated rings. The number of hydrogen-bond donors (Lipinski definition) is 0. The lowest BCUT2D eigenvalue weighted by Crippen LogP contribution is -2.12. The molecule has 0 saturated carbocycles. The topological polar surface area (TPSA) is 47.0 Å². The lowest BCUT2D eigenvalue weighted by atomic mass is 9.98. The van der Waals surface area contributed by atoms with Gasteiger partial charge in [0.05, 0.1) is 22.2 Å². The van der Waals surface area contributed by atoms with Gasteiger partial charge in [-0.05, 0) is 25.5 Å². The number of thiophene rings is 1. The SMILES string of the molecule is Cc1cc(CS(=O)(=O)Cc2csc(C(C)(C)C)n2)c(C)s1. The number of aromatic nitrogens is 1. The number of rotatable bonds is 4. The van der Waals surface area contributed by atoms with Crippen LogP contribution in [0.15, 0.2) is 11.4 Å². The van der Waals surface area contributed by atoms with Crippen LogP contribution in [0.5, 0.6) is 0 Å². The van der Waals surface area contributed by atoms with Crippen molar-refractivity contribution in [3.05, 3.63) is 37.5 Å². The molecule has 0 aliphatic carbocycles. The van der Waals surface area contributed by atoms with Crippen molar-refractivity contribution in [2.24, 2.45) is 0 Å². The van der Waals surface area contributed by atoms with Crippen LogP contribution in [0.3, 0.4) is 0 Å². The molecule has 0 radical (unpaired) electrons. The summed E-state index contributed by atoms with van der Waals surface area (Å²) in [7, 11) is -3.18. The first-order valence-electron chi connectivity index (χ1n) is 6.78. The number of hydrogen-bond acceptors (Lipinski definition) is 5. The van der Waals surface area contributed by atoms with E-state index >= 15 is 0 Å². The smallest absolute Gasteiger partial charge is 0.160 e. The summed E-state index contributed by atoms with van der Waals surface area (Å²) in [6.45, 7) is 10.2. The predicted molar refractivity (Wildman–Crippen MR) is 90.9 cm³/mol. The van der Waals surface area contributed by atoms with Gasteiger partial charge < -0.3 is 0 Å². The van der Waals surface area contributed by atoms with Crippen molar-refractivity contribution in [3.8, 4) is 0 Å². The van der Waals surface area contributed by atoms with Gasteiger partial charge in [-0.2, -0.15) is 0 Å². The molecular formula is C15H21NO2S3. The molecule has 0 N–H and O–H groups in total. The number of thiazole rings is 1. The minimum absolute atomic E-state index is 0.0217. The summed E-state index contributed by atoms with van der Waals surface area (Å²) < 4.78 is 24.7. The van der Waals surface area contributed by atoms with Gasteiger partial charge in [-0.15, -0.1) is 22.7 Å². The molecule has 21 heavy (non-hydrogen) atoms. The van der Waals surface area contributed by atoms with E-state index in [0.29, 0.717) is 5.69 Å². The van der Waals surface area contributed by atoms with Gasteiger partial charge >= 0.3 is 0 Å². The molecule has 0 amide bonds. The van der Waals surface area contributed by atoms with Crippen molar-refractivity contribution >= 4 is 32.5 Å². The third-order valence-corrected chi connectivity index (χ3v) is 6.89. The molecule has 2 aromatic heterocycles. The van der Waals surface area contributed by atoms with Crippen LogP contribution in [0.2, 0.25) is 0 Å². The van der Waals surface area contributed by atoms with Gasteiger partial charge in [0.15, 0.2) is 9.84 Å². The van der Waals surface area contributed by atoms with Crippen molar-refractivity contribution in [2.45, 2.75) is 51.5 Å². The Balaban J connectivity index is 2.14. The maximum Gasteiger partial charge on any atom is 0.160 e. The molecule has 0 atom stereocenters. The van der Waals surface area contributed by atoms with E-state index in [1.165, 1.54) is 11.3 Å². The zero-order valence-corrected chi connectivity index (χ0v) is 15.5. The lowest BCUT2D eigenvalue weighted by molar-refractivity contribution is 0.580. The maximum absolute atomic E-state index is 12.4. The van der Waals surface area contributed by atoms with Crippen LogP contribution >= 0.6 is 22.7 Å². The van der Waals surface area contributed by atoms with Crippen LogP contribution in [0.1, 0.15) is 46.8 Å².